The number of ether oxygens (including phenoxy) is 2. The van der Waals surface area contributed by atoms with Gasteiger partial charge < -0.3 is 9.47 Å². The van der Waals surface area contributed by atoms with Crippen molar-refractivity contribution in [2.75, 3.05) is 13.2 Å². The summed E-state index contributed by atoms with van der Waals surface area (Å²) in [7, 11) is 0. The maximum Gasteiger partial charge on any atom is 0.190 e. The van der Waals surface area contributed by atoms with Crippen molar-refractivity contribution in [3.63, 3.8) is 0 Å². The van der Waals surface area contributed by atoms with Crippen molar-refractivity contribution in [1.29, 1.82) is 0 Å². The first kappa shape index (κ1) is 14.6. The van der Waals surface area contributed by atoms with Crippen LogP contribution in [0, 0.1) is 0 Å². The second-order valence-electron chi connectivity index (χ2n) is 4.55. The van der Waals surface area contributed by atoms with Gasteiger partial charge in [0.05, 0.1) is 13.2 Å². The summed E-state index contributed by atoms with van der Waals surface area (Å²) < 4.78 is 11.6. The Bertz CT molecular complexity index is 473. The van der Waals surface area contributed by atoms with Crippen LogP contribution in [-0.2, 0) is 16.0 Å². The molecule has 1 fully saturated rings. The molecule has 0 N–H and O–H groups in total. The van der Waals surface area contributed by atoms with Gasteiger partial charge in [-0.05, 0) is 24.1 Å². The molecule has 108 valence electrons. The molecule has 0 aromatic carbocycles. The van der Waals surface area contributed by atoms with Crippen molar-refractivity contribution in [2.24, 2.45) is 0 Å². The number of allylic oxidation sites excluding steroid dienone is 5. The fourth-order valence-electron chi connectivity index (χ4n) is 2.10. The van der Waals surface area contributed by atoms with Gasteiger partial charge in [0, 0.05) is 6.42 Å². The molecule has 1 saturated heterocycles. The van der Waals surface area contributed by atoms with Crippen LogP contribution in [0.2, 0.25) is 0 Å². The molecule has 0 unspecified atom stereocenters. The molecule has 0 spiro atoms. The van der Waals surface area contributed by atoms with Gasteiger partial charge in [-0.15, -0.1) is 10.2 Å². The molecule has 0 aliphatic carbocycles. The molecule has 2 rings (SSSR count). The van der Waals surface area contributed by atoms with Gasteiger partial charge in [0.25, 0.3) is 0 Å². The zero-order chi connectivity index (χ0) is 14.3. The van der Waals surface area contributed by atoms with Gasteiger partial charge in [-0.3, -0.25) is 0 Å². The highest BCUT2D eigenvalue weighted by atomic mass is 16.7. The molecule has 20 heavy (non-hydrogen) atoms. The maximum atomic E-state index is 5.78. The molecule has 0 amide bonds. The van der Waals surface area contributed by atoms with Crippen LogP contribution in [0.5, 0.6) is 0 Å². The normalized spacial score (nSPS) is 18.8. The van der Waals surface area contributed by atoms with Gasteiger partial charge in [0.15, 0.2) is 12.1 Å². The smallest absolute Gasteiger partial charge is 0.190 e. The molecule has 0 atom stereocenters. The average molecular weight is 276 g/mol. The van der Waals surface area contributed by atoms with Gasteiger partial charge in [0.2, 0.25) is 0 Å². The topological polar surface area (TPSA) is 62.1 Å². The van der Waals surface area contributed by atoms with E-state index < -0.39 is 5.79 Å². The first-order valence-electron chi connectivity index (χ1n) is 6.71. The monoisotopic (exact) mass is 276 g/mol. The average Bonchev–Trinajstić information content (AvgIpc) is 3.12. The van der Waals surface area contributed by atoms with E-state index in [1.54, 1.807) is 0 Å². The molecule has 0 bridgehead atoms. The number of hydrogen-bond donors (Lipinski definition) is 0. The first-order chi connectivity index (χ1) is 9.78. The number of nitrogens with zero attached hydrogens (tertiary/aromatic N) is 4. The summed E-state index contributed by atoms with van der Waals surface area (Å²) in [5.74, 6) is -0.668. The Balaban J connectivity index is 2.00. The summed E-state index contributed by atoms with van der Waals surface area (Å²) >= 11 is 0. The lowest BCUT2D eigenvalue weighted by Crippen LogP contribution is -2.36. The predicted molar refractivity (Wildman–Crippen MR) is 74.8 cm³/mol. The molecule has 0 saturated carbocycles. The highest BCUT2D eigenvalue weighted by molar-refractivity contribution is 5.22. The summed E-state index contributed by atoms with van der Waals surface area (Å²) in [5.41, 5.74) is 1.15. The Morgan fingerprint density at radius 2 is 2.25 bits per heavy atom. The molecule has 1 aliphatic rings. The third kappa shape index (κ3) is 3.85. The highest BCUT2D eigenvalue weighted by Gasteiger charge is 2.37. The number of rotatable bonds is 7. The van der Waals surface area contributed by atoms with Crippen LogP contribution < -0.4 is 0 Å². The minimum Gasteiger partial charge on any atom is -0.346 e. The van der Waals surface area contributed by atoms with Crippen LogP contribution in [-0.4, -0.2) is 39.2 Å². The lowest BCUT2D eigenvalue weighted by atomic mass is 10.0. The molecule has 6 heteroatoms. The Morgan fingerprint density at radius 1 is 1.45 bits per heavy atom. The van der Waals surface area contributed by atoms with Gasteiger partial charge in [-0.25, -0.2) is 0 Å². The quantitative estimate of drug-likeness (QED) is 0.712. The summed E-state index contributed by atoms with van der Waals surface area (Å²) in [5, 5.41) is 11.6. The van der Waals surface area contributed by atoms with E-state index in [1.165, 1.54) is 11.1 Å². The van der Waals surface area contributed by atoms with Crippen molar-refractivity contribution in [3.8, 4) is 0 Å². The fourth-order valence-corrected chi connectivity index (χ4v) is 2.10. The van der Waals surface area contributed by atoms with Crippen LogP contribution in [0.15, 0.2) is 42.8 Å². The SMILES string of the molecule is C=C/C(=C\C=C/C)CCC1(Cn2ncnn2)OCCO1. The van der Waals surface area contributed by atoms with Crippen LogP contribution >= 0.6 is 0 Å². The third-order valence-electron chi connectivity index (χ3n) is 3.15. The second kappa shape index (κ2) is 7.12. The van der Waals surface area contributed by atoms with Crippen molar-refractivity contribution in [3.05, 3.63) is 42.8 Å². The summed E-state index contributed by atoms with van der Waals surface area (Å²) in [6.07, 6.45) is 10.8. The van der Waals surface area contributed by atoms with Crippen molar-refractivity contribution in [2.45, 2.75) is 32.1 Å². The van der Waals surface area contributed by atoms with Crippen LogP contribution in [0.1, 0.15) is 19.8 Å². The van der Waals surface area contributed by atoms with Crippen LogP contribution in [0.4, 0.5) is 0 Å². The van der Waals surface area contributed by atoms with E-state index in [0.29, 0.717) is 19.8 Å². The largest absolute Gasteiger partial charge is 0.346 e. The summed E-state index contributed by atoms with van der Waals surface area (Å²) in [6, 6.07) is 0. The lowest BCUT2D eigenvalue weighted by molar-refractivity contribution is -0.175. The van der Waals surface area contributed by atoms with E-state index in [1.807, 2.05) is 31.2 Å². The molecule has 0 radical (unpaired) electrons. The molecule has 1 aromatic heterocycles. The first-order valence-corrected chi connectivity index (χ1v) is 6.71. The number of hydrogen-bond acceptors (Lipinski definition) is 5. The molecule has 6 nitrogen and oxygen atoms in total. The van der Waals surface area contributed by atoms with Crippen LogP contribution in [0.3, 0.4) is 0 Å². The maximum absolute atomic E-state index is 5.78. The van der Waals surface area contributed by atoms with Gasteiger partial charge in [-0.2, -0.15) is 4.80 Å². The minimum absolute atomic E-state index is 0.445. The van der Waals surface area contributed by atoms with E-state index >= 15 is 0 Å². The zero-order valence-electron chi connectivity index (χ0n) is 11.7. The number of tetrazole rings is 1. The Labute approximate surface area is 118 Å². The van der Waals surface area contributed by atoms with Crippen LogP contribution in [0.25, 0.3) is 0 Å². The van der Waals surface area contributed by atoms with Crippen molar-refractivity contribution in [1.82, 2.24) is 20.2 Å². The standard InChI is InChI=1S/C14H20N4O2/c1-3-5-6-13(4-2)7-8-14(19-9-10-20-14)11-18-16-12-15-17-18/h3-6,12H,2,7-11H2,1H3/b5-3-,13-6+. The molecule has 2 heterocycles. The Kier molecular flexibility index (Phi) is 5.20. The number of aromatic nitrogens is 4. The predicted octanol–water partition coefficient (Wildman–Crippen LogP) is 1.88. The molecular weight excluding hydrogens is 256 g/mol. The highest BCUT2D eigenvalue weighted by Crippen LogP contribution is 2.28. The van der Waals surface area contributed by atoms with E-state index in [4.69, 9.17) is 9.47 Å². The van der Waals surface area contributed by atoms with Gasteiger partial charge >= 0.3 is 0 Å². The van der Waals surface area contributed by atoms with E-state index in [-0.39, 0.29) is 0 Å². The minimum atomic E-state index is -0.668. The summed E-state index contributed by atoms with van der Waals surface area (Å²) in [4.78, 5) is 1.49. The summed E-state index contributed by atoms with van der Waals surface area (Å²) in [6.45, 7) is 7.45. The molecular formula is C14H20N4O2. The van der Waals surface area contributed by atoms with Crippen molar-refractivity contribution >= 4 is 0 Å². The Hall–Kier alpha value is -1.79. The van der Waals surface area contributed by atoms with Gasteiger partial charge in [0.1, 0.15) is 6.54 Å². The third-order valence-corrected chi connectivity index (χ3v) is 3.15. The van der Waals surface area contributed by atoms with E-state index in [9.17, 15) is 0 Å². The van der Waals surface area contributed by atoms with E-state index in [2.05, 4.69) is 22.0 Å². The lowest BCUT2D eigenvalue weighted by Gasteiger charge is -2.26. The fraction of sp³-hybridized carbons (Fsp3) is 0.500. The Morgan fingerprint density at radius 3 is 2.85 bits per heavy atom. The molecule has 1 aromatic rings. The zero-order valence-corrected chi connectivity index (χ0v) is 11.7. The van der Waals surface area contributed by atoms with Gasteiger partial charge in [-0.1, -0.05) is 30.9 Å². The molecule has 1 aliphatic heterocycles. The van der Waals surface area contributed by atoms with E-state index in [0.717, 1.165) is 18.4 Å². The second-order valence-corrected chi connectivity index (χ2v) is 4.55. The van der Waals surface area contributed by atoms with Crippen molar-refractivity contribution < 1.29 is 9.47 Å².